The minimum absolute atomic E-state index is 0.0801. The first kappa shape index (κ1) is 16.0. The van der Waals surface area contributed by atoms with Gasteiger partial charge in [0.05, 0.1) is 0 Å². The third kappa shape index (κ3) is 4.33. The lowest BCUT2D eigenvalue weighted by Crippen LogP contribution is -2.25. The molecule has 0 unspecified atom stereocenters. The summed E-state index contributed by atoms with van der Waals surface area (Å²) in [7, 11) is 1.63. The Morgan fingerprint density at radius 1 is 1.14 bits per heavy atom. The van der Waals surface area contributed by atoms with Crippen molar-refractivity contribution in [3.63, 3.8) is 0 Å². The molecule has 0 atom stereocenters. The van der Waals surface area contributed by atoms with Crippen LogP contribution in [0.3, 0.4) is 0 Å². The zero-order chi connectivity index (χ0) is 15.8. The second-order valence-corrected chi connectivity index (χ2v) is 5.11. The van der Waals surface area contributed by atoms with Gasteiger partial charge in [-0.05, 0) is 36.2 Å². The van der Waals surface area contributed by atoms with E-state index in [-0.39, 0.29) is 12.5 Å². The summed E-state index contributed by atoms with van der Waals surface area (Å²) in [5.41, 5.74) is 2.85. The molecule has 0 saturated heterocycles. The van der Waals surface area contributed by atoms with Crippen LogP contribution in [-0.4, -0.2) is 31.2 Å². The Bertz CT molecular complexity index is 599. The Hall–Kier alpha value is -2.33. The van der Waals surface area contributed by atoms with Gasteiger partial charge in [-0.2, -0.15) is 0 Å². The molecule has 4 heteroatoms. The molecule has 0 aliphatic carbocycles. The summed E-state index contributed by atoms with van der Waals surface area (Å²) in [6.07, 6.45) is 0.712. The monoisotopic (exact) mass is 298 g/mol. The van der Waals surface area contributed by atoms with Gasteiger partial charge in [-0.3, -0.25) is 4.79 Å². The van der Waals surface area contributed by atoms with Gasteiger partial charge in [0.25, 0.3) is 5.91 Å². The molecule has 2 rings (SSSR count). The highest BCUT2D eigenvalue weighted by atomic mass is 16.3. The van der Waals surface area contributed by atoms with Gasteiger partial charge in [0.2, 0.25) is 0 Å². The van der Waals surface area contributed by atoms with E-state index >= 15 is 0 Å². The minimum atomic E-state index is -0.0801. The maximum atomic E-state index is 11.7. The molecule has 2 aromatic rings. The van der Waals surface area contributed by atoms with Crippen LogP contribution >= 0.6 is 0 Å². The standard InChI is InChI=1S/C18H22N2O2/c1-19-18(22)16-8-5-7-15(13-16)14-20(11-6-12-21)17-9-3-2-4-10-17/h2-5,7-10,13,21H,6,11-12,14H2,1H3,(H,19,22). The molecule has 116 valence electrons. The number of benzene rings is 2. The van der Waals surface area contributed by atoms with Gasteiger partial charge in [0, 0.05) is 38.0 Å². The van der Waals surface area contributed by atoms with Crippen molar-refractivity contribution < 1.29 is 9.90 Å². The van der Waals surface area contributed by atoms with Crippen LogP contribution in [-0.2, 0) is 6.54 Å². The summed E-state index contributed by atoms with van der Waals surface area (Å²) in [4.78, 5) is 13.9. The highest BCUT2D eigenvalue weighted by Gasteiger charge is 2.09. The summed E-state index contributed by atoms with van der Waals surface area (Å²) < 4.78 is 0. The first-order chi connectivity index (χ1) is 10.7. The molecular weight excluding hydrogens is 276 g/mol. The van der Waals surface area contributed by atoms with E-state index in [1.165, 1.54) is 0 Å². The molecule has 0 aromatic heterocycles. The number of hydrogen-bond donors (Lipinski definition) is 2. The molecule has 0 aliphatic rings. The van der Waals surface area contributed by atoms with E-state index < -0.39 is 0 Å². The molecule has 0 aliphatic heterocycles. The van der Waals surface area contributed by atoms with E-state index in [1.807, 2.05) is 42.5 Å². The maximum absolute atomic E-state index is 11.7. The van der Waals surface area contributed by atoms with Crippen molar-refractivity contribution >= 4 is 11.6 Å². The van der Waals surface area contributed by atoms with Crippen LogP contribution in [0.25, 0.3) is 0 Å². The number of aliphatic hydroxyl groups is 1. The Balaban J connectivity index is 2.18. The zero-order valence-corrected chi connectivity index (χ0v) is 12.8. The smallest absolute Gasteiger partial charge is 0.251 e. The van der Waals surface area contributed by atoms with E-state index in [2.05, 4.69) is 22.3 Å². The van der Waals surface area contributed by atoms with Crippen molar-refractivity contribution in [3.05, 3.63) is 65.7 Å². The third-order valence-electron chi connectivity index (χ3n) is 3.50. The van der Waals surface area contributed by atoms with Crippen LogP contribution in [0.2, 0.25) is 0 Å². The van der Waals surface area contributed by atoms with Crippen LogP contribution in [0.15, 0.2) is 54.6 Å². The number of nitrogens with one attached hydrogen (secondary N) is 1. The molecule has 0 heterocycles. The van der Waals surface area contributed by atoms with Crippen molar-refractivity contribution in [1.82, 2.24) is 5.32 Å². The van der Waals surface area contributed by atoms with Gasteiger partial charge in [-0.15, -0.1) is 0 Å². The number of carbonyl (C=O) groups excluding carboxylic acids is 1. The van der Waals surface area contributed by atoms with Crippen molar-refractivity contribution in [2.24, 2.45) is 0 Å². The Kier molecular flexibility index (Phi) is 5.98. The first-order valence-electron chi connectivity index (χ1n) is 7.46. The molecule has 0 radical (unpaired) electrons. The number of rotatable bonds is 7. The van der Waals surface area contributed by atoms with Crippen LogP contribution < -0.4 is 10.2 Å². The fourth-order valence-electron chi connectivity index (χ4n) is 2.38. The number of anilines is 1. The number of amides is 1. The highest BCUT2D eigenvalue weighted by molar-refractivity contribution is 5.94. The lowest BCUT2D eigenvalue weighted by molar-refractivity contribution is 0.0963. The van der Waals surface area contributed by atoms with Gasteiger partial charge >= 0.3 is 0 Å². The largest absolute Gasteiger partial charge is 0.396 e. The van der Waals surface area contributed by atoms with Crippen LogP contribution in [0.1, 0.15) is 22.3 Å². The van der Waals surface area contributed by atoms with Crippen LogP contribution in [0.5, 0.6) is 0 Å². The van der Waals surface area contributed by atoms with E-state index in [4.69, 9.17) is 5.11 Å². The minimum Gasteiger partial charge on any atom is -0.396 e. The number of aliphatic hydroxyl groups excluding tert-OH is 1. The van der Waals surface area contributed by atoms with Crippen molar-refractivity contribution in [3.8, 4) is 0 Å². The van der Waals surface area contributed by atoms with Gasteiger partial charge in [0.1, 0.15) is 0 Å². The molecule has 4 nitrogen and oxygen atoms in total. The summed E-state index contributed by atoms with van der Waals surface area (Å²) in [6, 6.07) is 17.7. The Morgan fingerprint density at radius 2 is 1.91 bits per heavy atom. The van der Waals surface area contributed by atoms with E-state index in [1.54, 1.807) is 7.05 Å². The number of para-hydroxylation sites is 1. The fraction of sp³-hybridized carbons (Fsp3) is 0.278. The molecule has 22 heavy (non-hydrogen) atoms. The summed E-state index contributed by atoms with van der Waals surface area (Å²) in [5, 5.41) is 11.7. The van der Waals surface area contributed by atoms with E-state index in [0.29, 0.717) is 18.5 Å². The normalized spacial score (nSPS) is 10.3. The van der Waals surface area contributed by atoms with Crippen LogP contribution in [0, 0.1) is 0 Å². The molecule has 0 fully saturated rings. The SMILES string of the molecule is CNC(=O)c1cccc(CN(CCCO)c2ccccc2)c1. The highest BCUT2D eigenvalue weighted by Crippen LogP contribution is 2.18. The van der Waals surface area contributed by atoms with Crippen molar-refractivity contribution in [1.29, 1.82) is 0 Å². The summed E-state index contributed by atoms with van der Waals surface area (Å²) in [6.45, 7) is 1.64. The molecule has 1 amide bonds. The van der Waals surface area contributed by atoms with Gasteiger partial charge in [-0.25, -0.2) is 0 Å². The second-order valence-electron chi connectivity index (χ2n) is 5.11. The first-order valence-corrected chi connectivity index (χ1v) is 7.46. The van der Waals surface area contributed by atoms with E-state index in [0.717, 1.165) is 17.8 Å². The van der Waals surface area contributed by atoms with Crippen LogP contribution in [0.4, 0.5) is 5.69 Å². The summed E-state index contributed by atoms with van der Waals surface area (Å²) in [5.74, 6) is -0.0801. The van der Waals surface area contributed by atoms with Gasteiger partial charge < -0.3 is 15.3 Å². The number of carbonyl (C=O) groups is 1. The van der Waals surface area contributed by atoms with Crippen molar-refractivity contribution in [2.75, 3.05) is 25.1 Å². The topological polar surface area (TPSA) is 52.6 Å². The third-order valence-corrected chi connectivity index (χ3v) is 3.50. The lowest BCUT2D eigenvalue weighted by atomic mass is 10.1. The lowest BCUT2D eigenvalue weighted by Gasteiger charge is -2.25. The molecule has 0 saturated carbocycles. The van der Waals surface area contributed by atoms with Gasteiger partial charge in [0.15, 0.2) is 0 Å². The maximum Gasteiger partial charge on any atom is 0.251 e. The molecule has 2 aromatic carbocycles. The fourth-order valence-corrected chi connectivity index (χ4v) is 2.38. The average Bonchev–Trinajstić information content (AvgIpc) is 2.59. The van der Waals surface area contributed by atoms with Crippen molar-refractivity contribution in [2.45, 2.75) is 13.0 Å². The second kappa shape index (κ2) is 8.20. The number of nitrogens with zero attached hydrogens (tertiary/aromatic N) is 1. The zero-order valence-electron chi connectivity index (χ0n) is 12.8. The predicted octanol–water partition coefficient (Wildman–Crippen LogP) is 2.44. The average molecular weight is 298 g/mol. The molecular formula is C18H22N2O2. The number of hydrogen-bond acceptors (Lipinski definition) is 3. The quantitative estimate of drug-likeness (QED) is 0.825. The predicted molar refractivity (Wildman–Crippen MR) is 89.0 cm³/mol. The molecule has 0 bridgehead atoms. The molecule has 2 N–H and O–H groups in total. The summed E-state index contributed by atoms with van der Waals surface area (Å²) >= 11 is 0. The van der Waals surface area contributed by atoms with Gasteiger partial charge in [-0.1, -0.05) is 30.3 Å². The molecule has 0 spiro atoms. The van der Waals surface area contributed by atoms with E-state index in [9.17, 15) is 4.79 Å². The Labute approximate surface area is 131 Å². The Morgan fingerprint density at radius 3 is 2.59 bits per heavy atom.